The first kappa shape index (κ1) is 87.8. The molecule has 0 aliphatic rings. The predicted octanol–water partition coefficient (Wildman–Crippen LogP) is 35.6. The van der Waals surface area contributed by atoms with Crippen molar-refractivity contribution in [3.8, 4) is 112 Å². The van der Waals surface area contributed by atoms with E-state index in [0.717, 1.165) is 163 Å². The van der Waals surface area contributed by atoms with E-state index in [1.807, 2.05) is 217 Å². The van der Waals surface area contributed by atoms with Gasteiger partial charge < -0.3 is 18.3 Å². The van der Waals surface area contributed by atoms with E-state index in [-0.39, 0.29) is 40.3 Å². The van der Waals surface area contributed by atoms with Crippen LogP contribution in [0.15, 0.2) is 309 Å². The highest BCUT2D eigenvalue weighted by Crippen LogP contribution is 2.53. The minimum absolute atomic E-state index is 0.132. The Morgan fingerprint density at radius 1 is 0.203 bits per heavy atom. The third-order valence-electron chi connectivity index (χ3n) is 27.7. The van der Waals surface area contributed by atoms with E-state index in [4.69, 9.17) is 0 Å². The fourth-order valence-corrected chi connectivity index (χ4v) is 22.8. The van der Waals surface area contributed by atoms with Gasteiger partial charge in [0.2, 0.25) is 0 Å². The van der Waals surface area contributed by atoms with Gasteiger partial charge in [0.25, 0.3) is 0 Å². The van der Waals surface area contributed by atoms with Crippen LogP contribution in [0.3, 0.4) is 0 Å². The first-order valence-electron chi connectivity index (χ1n) is 46.3. The molecule has 0 fully saturated rings. The molecule has 678 valence electrons. The van der Waals surface area contributed by atoms with Crippen molar-refractivity contribution in [2.24, 2.45) is 0 Å². The number of hydrogen-bond acceptors (Lipinski definition) is 0. The lowest BCUT2D eigenvalue weighted by atomic mass is 9.89. The maximum absolute atomic E-state index is 17.9. The Labute approximate surface area is 792 Å². The Bertz CT molecular complexity index is 8730. The minimum atomic E-state index is -5.17. The lowest BCUT2D eigenvalue weighted by Gasteiger charge is -2.24. The fourth-order valence-electron chi connectivity index (χ4n) is 22.8. The number of fused-ring (bicyclic) bond motifs is 12. The largest absolute Gasteiger partial charge is 0.420 e. The highest BCUT2D eigenvalue weighted by Gasteiger charge is 2.43. The van der Waals surface area contributed by atoms with E-state index in [9.17, 15) is 0 Å². The zero-order valence-electron chi connectivity index (χ0n) is 78.2. The summed E-state index contributed by atoms with van der Waals surface area (Å²) >= 11 is 0. The second-order valence-electron chi connectivity index (χ2n) is 38.1. The highest BCUT2D eigenvalue weighted by atomic mass is 19.4. The first-order chi connectivity index (χ1) is 66.1. The summed E-state index contributed by atoms with van der Waals surface area (Å²) in [6.07, 6.45) is -10.1. The maximum atomic E-state index is 17.9. The maximum Gasteiger partial charge on any atom is 0.420 e. The van der Waals surface area contributed by atoms with Gasteiger partial charge >= 0.3 is 12.4 Å². The zero-order valence-corrected chi connectivity index (χ0v) is 78.2. The van der Waals surface area contributed by atoms with Crippen LogP contribution in [-0.4, -0.2) is 18.3 Å². The molecule has 0 spiro atoms. The average molecular weight is 1830 g/mol. The lowest BCUT2D eigenvalue weighted by molar-refractivity contribution is -0.138. The predicted molar refractivity (Wildman–Crippen MR) is 548 cm³/mol. The molecule has 0 unspecified atom stereocenters. The van der Waals surface area contributed by atoms with Gasteiger partial charge in [-0.05, 0) is 329 Å². The van der Waals surface area contributed by atoms with Crippen LogP contribution in [-0.2, 0) is 18.8 Å². The second-order valence-corrected chi connectivity index (χ2v) is 38.1. The Kier molecular flexibility index (Phi) is 20.9. The Hall–Kier alpha value is -15.5. The number of aromatic nitrogens is 4. The van der Waals surface area contributed by atoms with Crippen molar-refractivity contribution in [2.45, 2.75) is 109 Å². The van der Waals surface area contributed by atoms with E-state index in [0.29, 0.717) is 98.4 Å². The molecule has 0 saturated carbocycles. The van der Waals surface area contributed by atoms with Crippen molar-refractivity contribution in [3.63, 3.8) is 0 Å². The van der Waals surface area contributed by atoms with Crippen LogP contribution < -0.4 is 0 Å². The van der Waals surface area contributed by atoms with E-state index >= 15 is 43.9 Å². The number of hydrogen-bond donors (Lipinski definition) is 0. The van der Waals surface area contributed by atoms with Crippen molar-refractivity contribution >= 4 is 87.2 Å². The van der Waals surface area contributed by atoms with Crippen LogP contribution in [0.25, 0.3) is 199 Å². The van der Waals surface area contributed by atoms with Crippen molar-refractivity contribution < 1.29 is 43.9 Å². The number of nitrogens with zero attached hydrogens (tertiary/aromatic N) is 4. The average Bonchev–Trinajstić information content (AvgIpc) is 1.55. The second kappa shape index (κ2) is 32.9. The smallest absolute Gasteiger partial charge is 0.309 e. The summed E-state index contributed by atoms with van der Waals surface area (Å²) in [6.45, 7) is 26.2. The molecule has 0 N–H and O–H groups in total. The summed E-state index contributed by atoms with van der Waals surface area (Å²) in [5.74, 6) is -3.88. The van der Waals surface area contributed by atoms with Gasteiger partial charge in [0.15, 0.2) is 0 Å². The highest BCUT2D eigenvalue weighted by molar-refractivity contribution is 6.17. The van der Waals surface area contributed by atoms with Crippen LogP contribution in [0.4, 0.5) is 43.9 Å². The van der Waals surface area contributed by atoms with Crippen LogP contribution in [0.5, 0.6) is 0 Å². The molecule has 0 saturated heterocycles. The van der Waals surface area contributed by atoms with Gasteiger partial charge in [0.1, 0.15) is 34.4 Å². The molecule has 0 aliphatic carbocycles. The summed E-state index contributed by atoms with van der Waals surface area (Å²) in [6, 6.07) is 92.8. The molecule has 22 rings (SSSR count). The molecule has 0 amide bonds. The molecule has 138 heavy (non-hydrogen) atoms. The molecular formula is C124H92F10N4. The van der Waals surface area contributed by atoms with Crippen LogP contribution in [0.2, 0.25) is 0 Å². The SMILES string of the molecule is Cc1cc(C)cc(-c2ccc3c(c2)c2cc(-c4cc(C)cc(C)c4)ccc2n3-c2cc(-c3c(F)cccc3F)cc(-n3c4ccc(-c5cc(C)cc(C)c5)cc4c4cc(-c5cc(C)cc(Cc6cc(-c7c(C)cc(C)cc7C)cc7c6c6ccccc6n7-c6cc(-c7c(F)cccc7F)cc(-n7c8ccccc8c8ccc(-c9c(C)cc(C)cc9C)cc87)c6C(F)(F)F)c5)ccc43)c2C(F)(F)F)c1. The Morgan fingerprint density at radius 3 is 0.877 bits per heavy atom. The molecule has 18 aromatic carbocycles. The Morgan fingerprint density at radius 2 is 0.493 bits per heavy atom. The molecule has 4 nitrogen and oxygen atoms in total. The molecule has 0 aliphatic heterocycles. The molecule has 0 atom stereocenters. The zero-order chi connectivity index (χ0) is 96.0. The van der Waals surface area contributed by atoms with Gasteiger partial charge in [0, 0.05) is 43.1 Å². The van der Waals surface area contributed by atoms with Gasteiger partial charge in [-0.15, -0.1) is 0 Å². The molecule has 4 heterocycles. The van der Waals surface area contributed by atoms with Crippen molar-refractivity contribution in [1.29, 1.82) is 0 Å². The normalized spacial score (nSPS) is 12.2. The van der Waals surface area contributed by atoms with Crippen LogP contribution in [0.1, 0.15) is 94.6 Å². The number of halogens is 10. The quantitative estimate of drug-likeness (QED) is 0.0967. The Balaban J connectivity index is 0.772. The summed E-state index contributed by atoms with van der Waals surface area (Å²) in [4.78, 5) is 0. The monoisotopic (exact) mass is 1830 g/mol. The molecule has 4 aromatic heterocycles. The van der Waals surface area contributed by atoms with Crippen LogP contribution >= 0.6 is 0 Å². The van der Waals surface area contributed by atoms with E-state index in [1.54, 1.807) is 42.5 Å². The standard InChI is InChI=1S/C124H92F10N4/c1-66-38-67(2)47-85(46-66)80-29-34-106-96(56-80)97-57-81(86-48-68(3)39-69(4)49-86)30-35-107(97)135(106)112-62-91(119-100(125)22-18-23-101(119)126)63-113(121(112)123(129,130)131)136-108-36-31-82(87-50-70(5)40-71(6)51-87)58-98(108)99-59-83(32-37-109(99)136)88-52-74(9)45-79(53-88)54-89-55-90(117-77(12)43-73(8)44-78(117)13)61-111-118(89)95-21-15-17-27-105(95)138(111)115-65-92(120-102(127)24-19-25-103(120)128)64-114(122(115)124(132,133)134)137-104-26-16-14-20-93(104)94-33-28-84(60-110(94)137)116-75(10)41-72(7)42-76(116)11/h14-53,55-65H,54H2,1-13H3. The van der Waals surface area contributed by atoms with E-state index in [1.165, 1.54) is 36.4 Å². The fraction of sp³-hybridized carbons (Fsp3) is 0.129. The molecular weight excluding hydrogens is 1740 g/mol. The van der Waals surface area contributed by atoms with Crippen molar-refractivity contribution in [2.75, 3.05) is 0 Å². The third-order valence-corrected chi connectivity index (χ3v) is 27.7. The topological polar surface area (TPSA) is 19.7 Å². The number of benzene rings is 18. The minimum Gasteiger partial charge on any atom is -0.309 e. The summed E-state index contributed by atoms with van der Waals surface area (Å²) in [5.41, 5.74) is 22.7. The van der Waals surface area contributed by atoms with Gasteiger partial charge in [-0.25, -0.2) is 17.6 Å². The van der Waals surface area contributed by atoms with Crippen LogP contribution in [0, 0.1) is 113 Å². The van der Waals surface area contributed by atoms with Gasteiger partial charge in [0.05, 0.1) is 78.0 Å². The molecule has 0 radical (unpaired) electrons. The summed E-state index contributed by atoms with van der Waals surface area (Å²) in [7, 11) is 0. The molecule has 0 bridgehead atoms. The number of aryl methyl sites for hydroxylation is 13. The summed E-state index contributed by atoms with van der Waals surface area (Å²) < 4.78 is 182. The number of alkyl halides is 6. The first-order valence-corrected chi connectivity index (χ1v) is 46.3. The van der Waals surface area contributed by atoms with Crippen molar-refractivity contribution in [3.05, 3.63) is 427 Å². The third kappa shape index (κ3) is 14.9. The number of rotatable bonds is 14. The number of para-hydroxylation sites is 2. The summed E-state index contributed by atoms with van der Waals surface area (Å²) in [5, 5.41) is 5.02. The van der Waals surface area contributed by atoms with Gasteiger partial charge in [-0.3, -0.25) is 0 Å². The van der Waals surface area contributed by atoms with Gasteiger partial charge in [-0.2, -0.15) is 26.3 Å². The van der Waals surface area contributed by atoms with Crippen molar-refractivity contribution in [1.82, 2.24) is 18.3 Å². The molecule has 14 heteroatoms. The van der Waals surface area contributed by atoms with E-state index in [2.05, 4.69) is 97.1 Å². The van der Waals surface area contributed by atoms with Gasteiger partial charge in [-0.1, -0.05) is 238 Å². The molecule has 22 aromatic rings. The lowest BCUT2D eigenvalue weighted by Crippen LogP contribution is -2.16. The van der Waals surface area contributed by atoms with E-state index < -0.39 is 57.9 Å².